The molecule has 1 saturated carbocycles. The van der Waals surface area contributed by atoms with E-state index in [1.807, 2.05) is 23.6 Å². The van der Waals surface area contributed by atoms with Crippen molar-refractivity contribution < 1.29 is 9.90 Å². The van der Waals surface area contributed by atoms with Crippen LogP contribution in [0.3, 0.4) is 0 Å². The van der Waals surface area contributed by atoms with Crippen LogP contribution in [0.5, 0.6) is 0 Å². The van der Waals surface area contributed by atoms with Crippen molar-refractivity contribution >= 4 is 23.1 Å². The van der Waals surface area contributed by atoms with Gasteiger partial charge in [0, 0.05) is 12.0 Å². The SMILES string of the molecule is O=C(Nc1cc(-c2cccs2)nn1CCO)C1CC1. The molecule has 1 aliphatic rings. The summed E-state index contributed by atoms with van der Waals surface area (Å²) in [5.41, 5.74) is 0.828. The molecule has 3 rings (SSSR count). The maximum absolute atomic E-state index is 11.8. The zero-order valence-electron chi connectivity index (χ0n) is 10.4. The molecule has 1 amide bonds. The molecule has 1 aliphatic carbocycles. The molecule has 0 saturated heterocycles. The number of aromatic nitrogens is 2. The third kappa shape index (κ3) is 2.69. The number of rotatable bonds is 5. The lowest BCUT2D eigenvalue weighted by Crippen LogP contribution is -2.17. The number of carbonyl (C=O) groups excluding carboxylic acids is 1. The van der Waals surface area contributed by atoms with Gasteiger partial charge in [0.15, 0.2) is 0 Å². The highest BCUT2D eigenvalue weighted by Crippen LogP contribution is 2.31. The van der Waals surface area contributed by atoms with Crippen LogP contribution in [0.25, 0.3) is 10.6 Å². The fraction of sp³-hybridized carbons (Fsp3) is 0.385. The molecule has 19 heavy (non-hydrogen) atoms. The molecule has 2 aromatic rings. The van der Waals surface area contributed by atoms with E-state index in [1.165, 1.54) is 0 Å². The number of amides is 1. The molecule has 0 atom stereocenters. The number of anilines is 1. The van der Waals surface area contributed by atoms with Gasteiger partial charge in [0.05, 0.1) is 18.0 Å². The van der Waals surface area contributed by atoms with Crippen molar-refractivity contribution in [2.24, 2.45) is 5.92 Å². The van der Waals surface area contributed by atoms with E-state index in [4.69, 9.17) is 5.11 Å². The van der Waals surface area contributed by atoms with Crippen molar-refractivity contribution in [1.29, 1.82) is 0 Å². The van der Waals surface area contributed by atoms with E-state index in [0.717, 1.165) is 23.4 Å². The van der Waals surface area contributed by atoms with Crippen LogP contribution < -0.4 is 5.32 Å². The average molecular weight is 277 g/mol. The Bertz CT molecular complexity index is 573. The Hall–Kier alpha value is -1.66. The maximum Gasteiger partial charge on any atom is 0.228 e. The van der Waals surface area contributed by atoms with Crippen LogP contribution >= 0.6 is 11.3 Å². The lowest BCUT2D eigenvalue weighted by atomic mass is 10.3. The summed E-state index contributed by atoms with van der Waals surface area (Å²) in [4.78, 5) is 12.9. The molecule has 0 radical (unpaired) electrons. The van der Waals surface area contributed by atoms with Gasteiger partial charge in [-0.25, -0.2) is 4.68 Å². The van der Waals surface area contributed by atoms with Crippen LogP contribution in [0.1, 0.15) is 12.8 Å². The number of thiophene rings is 1. The second kappa shape index (κ2) is 5.14. The first-order valence-corrected chi connectivity index (χ1v) is 7.19. The zero-order chi connectivity index (χ0) is 13.2. The molecular formula is C13H15N3O2S. The highest BCUT2D eigenvalue weighted by molar-refractivity contribution is 7.13. The van der Waals surface area contributed by atoms with E-state index in [1.54, 1.807) is 16.0 Å². The topological polar surface area (TPSA) is 67.2 Å². The standard InChI is InChI=1S/C13H15N3O2S/c17-6-5-16-12(14-13(18)9-3-4-9)8-10(15-16)11-2-1-7-19-11/h1-2,7-9,17H,3-6H2,(H,14,18). The number of hydrogen-bond donors (Lipinski definition) is 2. The predicted octanol–water partition coefficient (Wildman–Crippen LogP) is 1.95. The summed E-state index contributed by atoms with van der Waals surface area (Å²) in [7, 11) is 0. The third-order valence-electron chi connectivity index (χ3n) is 3.06. The van der Waals surface area contributed by atoms with E-state index < -0.39 is 0 Å². The monoisotopic (exact) mass is 277 g/mol. The van der Waals surface area contributed by atoms with Gasteiger partial charge in [0.1, 0.15) is 11.5 Å². The molecule has 2 heterocycles. The zero-order valence-corrected chi connectivity index (χ0v) is 11.2. The largest absolute Gasteiger partial charge is 0.394 e. The summed E-state index contributed by atoms with van der Waals surface area (Å²) in [5, 5.41) is 18.4. The molecule has 2 N–H and O–H groups in total. The van der Waals surface area contributed by atoms with Crippen molar-refractivity contribution in [3.8, 4) is 10.6 Å². The van der Waals surface area contributed by atoms with Crippen LogP contribution in [0, 0.1) is 5.92 Å². The summed E-state index contributed by atoms with van der Waals surface area (Å²) in [6.45, 7) is 0.378. The Kier molecular flexibility index (Phi) is 3.35. The third-order valence-corrected chi connectivity index (χ3v) is 3.96. The molecule has 6 heteroatoms. The first kappa shape index (κ1) is 12.4. The van der Waals surface area contributed by atoms with Crippen molar-refractivity contribution in [3.63, 3.8) is 0 Å². The summed E-state index contributed by atoms with van der Waals surface area (Å²) >= 11 is 1.60. The van der Waals surface area contributed by atoms with E-state index >= 15 is 0 Å². The Morgan fingerprint density at radius 3 is 3.05 bits per heavy atom. The summed E-state index contributed by atoms with van der Waals surface area (Å²) in [6, 6.07) is 5.82. The van der Waals surface area contributed by atoms with Crippen molar-refractivity contribution in [2.45, 2.75) is 19.4 Å². The fourth-order valence-electron chi connectivity index (χ4n) is 1.90. The molecule has 0 aromatic carbocycles. The predicted molar refractivity (Wildman–Crippen MR) is 74.0 cm³/mol. The lowest BCUT2D eigenvalue weighted by Gasteiger charge is -2.06. The average Bonchev–Trinajstić information content (AvgIpc) is 2.96. The van der Waals surface area contributed by atoms with Crippen LogP contribution in [-0.2, 0) is 11.3 Å². The van der Waals surface area contributed by atoms with E-state index in [2.05, 4.69) is 10.4 Å². The molecule has 2 aromatic heterocycles. The Labute approximate surface area is 114 Å². The van der Waals surface area contributed by atoms with Crippen LogP contribution in [0.2, 0.25) is 0 Å². The van der Waals surface area contributed by atoms with Gasteiger partial charge in [-0.1, -0.05) is 6.07 Å². The molecule has 5 nitrogen and oxygen atoms in total. The Balaban J connectivity index is 1.85. The van der Waals surface area contributed by atoms with Gasteiger partial charge < -0.3 is 10.4 Å². The number of aliphatic hydroxyl groups is 1. The minimum Gasteiger partial charge on any atom is -0.394 e. The van der Waals surface area contributed by atoms with E-state index in [9.17, 15) is 4.79 Å². The number of carbonyl (C=O) groups is 1. The quantitative estimate of drug-likeness (QED) is 0.878. The first-order chi connectivity index (χ1) is 9.28. The summed E-state index contributed by atoms with van der Waals surface area (Å²) in [5.74, 6) is 0.869. The van der Waals surface area contributed by atoms with Crippen LogP contribution in [-0.4, -0.2) is 27.4 Å². The number of aliphatic hydroxyl groups excluding tert-OH is 1. The smallest absolute Gasteiger partial charge is 0.228 e. The maximum atomic E-state index is 11.8. The first-order valence-electron chi connectivity index (χ1n) is 6.31. The van der Waals surface area contributed by atoms with Gasteiger partial charge in [-0.15, -0.1) is 11.3 Å². The second-order valence-corrected chi connectivity index (χ2v) is 5.55. The molecule has 100 valence electrons. The molecule has 0 aliphatic heterocycles. The lowest BCUT2D eigenvalue weighted by molar-refractivity contribution is -0.117. The van der Waals surface area contributed by atoms with Crippen LogP contribution in [0.4, 0.5) is 5.82 Å². The summed E-state index contributed by atoms with van der Waals surface area (Å²) in [6.07, 6.45) is 1.94. The molecule has 0 unspecified atom stereocenters. The molecular weight excluding hydrogens is 262 g/mol. The van der Waals surface area contributed by atoms with Gasteiger partial charge in [0.2, 0.25) is 5.91 Å². The molecule has 0 spiro atoms. The number of nitrogens with one attached hydrogen (secondary N) is 1. The van der Waals surface area contributed by atoms with E-state index in [0.29, 0.717) is 12.4 Å². The second-order valence-electron chi connectivity index (χ2n) is 4.60. The Morgan fingerprint density at radius 2 is 2.42 bits per heavy atom. The van der Waals surface area contributed by atoms with Gasteiger partial charge in [-0.05, 0) is 24.3 Å². The Morgan fingerprint density at radius 1 is 1.58 bits per heavy atom. The highest BCUT2D eigenvalue weighted by Gasteiger charge is 2.30. The normalized spacial score (nSPS) is 14.6. The van der Waals surface area contributed by atoms with Crippen molar-refractivity contribution in [2.75, 3.05) is 11.9 Å². The minimum absolute atomic E-state index is 0.00212. The van der Waals surface area contributed by atoms with Gasteiger partial charge in [-0.3, -0.25) is 4.79 Å². The minimum atomic E-state index is -0.00212. The van der Waals surface area contributed by atoms with Gasteiger partial charge in [0.25, 0.3) is 0 Å². The van der Waals surface area contributed by atoms with Crippen molar-refractivity contribution in [1.82, 2.24) is 9.78 Å². The number of hydrogen-bond acceptors (Lipinski definition) is 4. The van der Waals surface area contributed by atoms with Crippen molar-refractivity contribution in [3.05, 3.63) is 23.6 Å². The highest BCUT2D eigenvalue weighted by atomic mass is 32.1. The van der Waals surface area contributed by atoms with E-state index in [-0.39, 0.29) is 18.4 Å². The number of nitrogens with zero attached hydrogens (tertiary/aromatic N) is 2. The van der Waals surface area contributed by atoms with Gasteiger partial charge >= 0.3 is 0 Å². The molecule has 0 bridgehead atoms. The van der Waals surface area contributed by atoms with Crippen LogP contribution in [0.15, 0.2) is 23.6 Å². The van der Waals surface area contributed by atoms with Gasteiger partial charge in [-0.2, -0.15) is 5.10 Å². The summed E-state index contributed by atoms with van der Waals surface area (Å²) < 4.78 is 1.65. The molecule has 1 fully saturated rings. The fourth-order valence-corrected chi connectivity index (χ4v) is 2.58.